The number of anilines is 1. The lowest BCUT2D eigenvalue weighted by Gasteiger charge is -2.08. The van der Waals surface area contributed by atoms with Crippen molar-refractivity contribution in [3.8, 4) is 11.5 Å². The Morgan fingerprint density at radius 1 is 1.08 bits per heavy atom. The molecule has 3 aromatic rings. The summed E-state index contributed by atoms with van der Waals surface area (Å²) in [7, 11) is 0. The summed E-state index contributed by atoms with van der Waals surface area (Å²) in [6.45, 7) is 0. The van der Waals surface area contributed by atoms with E-state index in [2.05, 4.69) is 20.5 Å². The number of hydrogen-bond acceptors (Lipinski definition) is 5. The van der Waals surface area contributed by atoms with Crippen molar-refractivity contribution in [2.45, 2.75) is 11.6 Å². The molecule has 3 rings (SSSR count). The lowest BCUT2D eigenvalue weighted by Crippen LogP contribution is -2.12. The number of ether oxygens (including phenoxy) is 1. The predicted octanol–water partition coefficient (Wildman–Crippen LogP) is 3.01. The summed E-state index contributed by atoms with van der Waals surface area (Å²) >= 11 is 1.31. The van der Waals surface area contributed by atoms with Gasteiger partial charge in [-0.1, -0.05) is 30.0 Å². The van der Waals surface area contributed by atoms with Gasteiger partial charge in [0.2, 0.25) is 5.91 Å². The predicted molar refractivity (Wildman–Crippen MR) is 96.1 cm³/mol. The molecule has 0 aliphatic carbocycles. The first-order valence-corrected chi connectivity index (χ1v) is 8.58. The highest BCUT2D eigenvalue weighted by molar-refractivity contribution is 7.99. The molecule has 0 fully saturated rings. The van der Waals surface area contributed by atoms with Gasteiger partial charge in [0.15, 0.2) is 5.16 Å². The number of amides is 1. The molecule has 1 heterocycles. The maximum absolute atomic E-state index is 11.9. The highest BCUT2D eigenvalue weighted by Gasteiger charge is 2.05. The number of para-hydroxylation sites is 1. The van der Waals surface area contributed by atoms with Crippen LogP contribution in [0.25, 0.3) is 0 Å². The van der Waals surface area contributed by atoms with Crippen LogP contribution in [0.3, 0.4) is 0 Å². The van der Waals surface area contributed by atoms with Gasteiger partial charge in [-0.05, 0) is 36.4 Å². The molecule has 0 saturated heterocycles. The standard InChI is InChI=1S/C17H16N4O3S/c22-15(10-11-25-17-19-16(23)20-21-17)18-12-6-8-14(9-7-12)24-13-4-2-1-3-5-13/h1-9H,10-11H2,(H,18,22)(H2,19,20,21,23). The fourth-order valence-corrected chi connectivity index (χ4v) is 2.77. The van der Waals surface area contributed by atoms with Crippen molar-refractivity contribution in [3.63, 3.8) is 0 Å². The molecule has 0 spiro atoms. The summed E-state index contributed by atoms with van der Waals surface area (Å²) in [6.07, 6.45) is 0.307. The zero-order valence-corrected chi connectivity index (χ0v) is 14.0. The molecule has 0 aliphatic heterocycles. The molecule has 1 amide bonds. The summed E-state index contributed by atoms with van der Waals surface area (Å²) < 4.78 is 5.70. The van der Waals surface area contributed by atoms with Crippen molar-refractivity contribution in [1.82, 2.24) is 15.2 Å². The van der Waals surface area contributed by atoms with Gasteiger partial charge in [-0.3, -0.25) is 9.78 Å². The Morgan fingerprint density at radius 3 is 2.48 bits per heavy atom. The van der Waals surface area contributed by atoms with Crippen LogP contribution < -0.4 is 15.7 Å². The Hall–Kier alpha value is -3.00. The minimum Gasteiger partial charge on any atom is -0.457 e. The Bertz CT molecular complexity index is 875. The number of carbonyl (C=O) groups excluding carboxylic acids is 1. The average molecular weight is 356 g/mol. The van der Waals surface area contributed by atoms with Gasteiger partial charge in [0.05, 0.1) is 0 Å². The maximum atomic E-state index is 11.9. The highest BCUT2D eigenvalue weighted by atomic mass is 32.2. The third-order valence-electron chi connectivity index (χ3n) is 3.16. The summed E-state index contributed by atoms with van der Waals surface area (Å²) in [5.74, 6) is 1.86. The zero-order chi connectivity index (χ0) is 17.5. The van der Waals surface area contributed by atoms with Crippen LogP contribution in [0.2, 0.25) is 0 Å². The van der Waals surface area contributed by atoms with Crippen LogP contribution in [0.15, 0.2) is 64.5 Å². The average Bonchev–Trinajstić information content (AvgIpc) is 3.03. The molecular weight excluding hydrogens is 340 g/mol. The summed E-state index contributed by atoms with van der Waals surface area (Å²) in [5.41, 5.74) is 0.341. The van der Waals surface area contributed by atoms with Crippen LogP contribution in [0.5, 0.6) is 11.5 Å². The third kappa shape index (κ3) is 5.25. The van der Waals surface area contributed by atoms with Crippen molar-refractivity contribution in [2.24, 2.45) is 0 Å². The lowest BCUT2D eigenvalue weighted by atomic mass is 10.3. The van der Waals surface area contributed by atoms with Gasteiger partial charge in [-0.15, -0.1) is 5.10 Å². The SMILES string of the molecule is O=C(CCSc1n[nH]c(=O)[nH]1)Nc1ccc(Oc2ccccc2)cc1. The number of thioether (sulfide) groups is 1. The number of nitrogens with one attached hydrogen (secondary N) is 3. The topological polar surface area (TPSA) is 99.9 Å². The number of rotatable bonds is 7. The molecule has 1 aromatic heterocycles. The highest BCUT2D eigenvalue weighted by Crippen LogP contribution is 2.22. The van der Waals surface area contributed by atoms with E-state index in [0.717, 1.165) is 5.75 Å². The van der Waals surface area contributed by atoms with Crippen LogP contribution in [0.4, 0.5) is 5.69 Å². The van der Waals surface area contributed by atoms with Crippen molar-refractivity contribution < 1.29 is 9.53 Å². The molecule has 0 aliphatic rings. The van der Waals surface area contributed by atoms with Crippen molar-refractivity contribution in [2.75, 3.05) is 11.1 Å². The lowest BCUT2D eigenvalue weighted by molar-refractivity contribution is -0.115. The molecule has 8 heteroatoms. The molecule has 2 aromatic carbocycles. The monoisotopic (exact) mass is 356 g/mol. The number of nitrogens with zero attached hydrogens (tertiary/aromatic N) is 1. The first-order valence-electron chi connectivity index (χ1n) is 7.59. The quantitative estimate of drug-likeness (QED) is 0.565. The van der Waals surface area contributed by atoms with E-state index in [4.69, 9.17) is 4.74 Å². The van der Waals surface area contributed by atoms with Gasteiger partial charge in [-0.25, -0.2) is 9.89 Å². The van der Waals surface area contributed by atoms with Crippen LogP contribution in [-0.2, 0) is 4.79 Å². The maximum Gasteiger partial charge on any atom is 0.341 e. The normalized spacial score (nSPS) is 10.4. The van der Waals surface area contributed by atoms with Gasteiger partial charge in [0.1, 0.15) is 11.5 Å². The Kier molecular flexibility index (Phi) is 5.53. The largest absolute Gasteiger partial charge is 0.457 e. The molecule has 0 atom stereocenters. The smallest absolute Gasteiger partial charge is 0.341 e. The fraction of sp³-hybridized carbons (Fsp3) is 0.118. The van der Waals surface area contributed by atoms with Gasteiger partial charge >= 0.3 is 5.69 Å². The van der Waals surface area contributed by atoms with E-state index < -0.39 is 0 Å². The second-order valence-corrected chi connectivity index (χ2v) is 6.15. The number of carbonyl (C=O) groups is 1. The summed E-state index contributed by atoms with van der Waals surface area (Å²) in [5, 5.41) is 9.33. The number of H-pyrrole nitrogens is 2. The molecule has 0 radical (unpaired) electrons. The van der Waals surface area contributed by atoms with E-state index in [-0.39, 0.29) is 11.6 Å². The van der Waals surface area contributed by atoms with Gasteiger partial charge in [0.25, 0.3) is 0 Å². The molecule has 0 saturated carbocycles. The minimum absolute atomic E-state index is 0.109. The summed E-state index contributed by atoms with van der Waals surface area (Å²) in [4.78, 5) is 25.3. The van der Waals surface area contributed by atoms with Crippen molar-refractivity contribution in [3.05, 3.63) is 65.1 Å². The first kappa shape index (κ1) is 16.8. The molecule has 128 valence electrons. The number of aromatic nitrogens is 3. The van der Waals surface area contributed by atoms with Crippen molar-refractivity contribution in [1.29, 1.82) is 0 Å². The number of aromatic amines is 2. The van der Waals surface area contributed by atoms with E-state index in [1.54, 1.807) is 24.3 Å². The second-order valence-electron chi connectivity index (χ2n) is 5.07. The Labute approximate surface area is 147 Å². The molecule has 0 unspecified atom stereocenters. The molecular formula is C17H16N4O3S. The third-order valence-corrected chi connectivity index (χ3v) is 4.04. The summed E-state index contributed by atoms with van der Waals surface area (Å²) in [6, 6.07) is 16.6. The van der Waals surface area contributed by atoms with E-state index >= 15 is 0 Å². The van der Waals surface area contributed by atoms with Crippen LogP contribution in [0, 0.1) is 0 Å². The Morgan fingerprint density at radius 2 is 1.80 bits per heavy atom. The van der Waals surface area contributed by atoms with E-state index in [1.165, 1.54) is 11.8 Å². The molecule has 3 N–H and O–H groups in total. The van der Waals surface area contributed by atoms with Crippen LogP contribution in [0.1, 0.15) is 6.42 Å². The van der Waals surface area contributed by atoms with Gasteiger partial charge < -0.3 is 10.1 Å². The zero-order valence-electron chi connectivity index (χ0n) is 13.2. The molecule has 25 heavy (non-hydrogen) atoms. The Balaban J connectivity index is 1.45. The van der Waals surface area contributed by atoms with Crippen LogP contribution in [-0.4, -0.2) is 26.8 Å². The van der Waals surface area contributed by atoms with Gasteiger partial charge in [-0.2, -0.15) is 0 Å². The first-order chi connectivity index (χ1) is 12.2. The fourth-order valence-electron chi connectivity index (χ4n) is 2.02. The second kappa shape index (κ2) is 8.20. The number of hydrogen-bond donors (Lipinski definition) is 3. The minimum atomic E-state index is -0.357. The van der Waals surface area contributed by atoms with Crippen molar-refractivity contribution >= 4 is 23.4 Å². The van der Waals surface area contributed by atoms with E-state index in [1.807, 2.05) is 30.3 Å². The number of benzene rings is 2. The van der Waals surface area contributed by atoms with E-state index in [0.29, 0.717) is 28.8 Å². The van der Waals surface area contributed by atoms with Gasteiger partial charge in [0, 0.05) is 17.9 Å². The molecule has 7 nitrogen and oxygen atoms in total. The van der Waals surface area contributed by atoms with E-state index in [9.17, 15) is 9.59 Å². The molecule has 0 bridgehead atoms. The van der Waals surface area contributed by atoms with Crippen LogP contribution >= 0.6 is 11.8 Å².